The van der Waals surface area contributed by atoms with E-state index < -0.39 is 0 Å². The molecule has 0 saturated carbocycles. The fourth-order valence-electron chi connectivity index (χ4n) is 3.57. The molecule has 1 saturated heterocycles. The topological polar surface area (TPSA) is 68.8 Å². The zero-order valence-corrected chi connectivity index (χ0v) is 14.3. The molecule has 0 bridgehead atoms. The van der Waals surface area contributed by atoms with Crippen molar-refractivity contribution in [2.75, 3.05) is 13.1 Å². The normalized spacial score (nSPS) is 17.6. The van der Waals surface area contributed by atoms with Crippen LogP contribution in [0.3, 0.4) is 0 Å². The van der Waals surface area contributed by atoms with Gasteiger partial charge < -0.3 is 9.84 Å². The van der Waals surface area contributed by atoms with E-state index in [0.717, 1.165) is 41.5 Å². The highest BCUT2D eigenvalue weighted by Gasteiger charge is 2.19. The van der Waals surface area contributed by atoms with E-state index in [9.17, 15) is 0 Å². The number of aromatic nitrogens is 4. The van der Waals surface area contributed by atoms with Gasteiger partial charge in [-0.3, -0.25) is 4.68 Å². The Bertz CT molecular complexity index is 1040. The Balaban J connectivity index is 1.48. The van der Waals surface area contributed by atoms with E-state index in [4.69, 9.17) is 4.52 Å². The van der Waals surface area contributed by atoms with E-state index in [2.05, 4.69) is 38.8 Å². The molecule has 0 radical (unpaired) electrons. The van der Waals surface area contributed by atoms with Crippen LogP contribution < -0.4 is 5.32 Å². The van der Waals surface area contributed by atoms with E-state index in [1.54, 1.807) is 0 Å². The summed E-state index contributed by atoms with van der Waals surface area (Å²) in [6, 6.07) is 16.6. The second-order valence-corrected chi connectivity index (χ2v) is 6.63. The number of benzene rings is 2. The van der Waals surface area contributed by atoms with Crippen LogP contribution in [0.4, 0.5) is 0 Å². The first-order valence-electron chi connectivity index (χ1n) is 8.96. The number of rotatable bonds is 3. The van der Waals surface area contributed by atoms with Crippen LogP contribution in [0.2, 0.25) is 0 Å². The number of piperidine rings is 1. The van der Waals surface area contributed by atoms with Gasteiger partial charge in [-0.1, -0.05) is 47.6 Å². The fourth-order valence-corrected chi connectivity index (χ4v) is 3.57. The van der Waals surface area contributed by atoms with Crippen LogP contribution in [0, 0.1) is 0 Å². The maximum Gasteiger partial charge on any atom is 0.278 e. The number of nitrogens with one attached hydrogen (secondary N) is 1. The molecule has 1 aliphatic heterocycles. The molecule has 26 heavy (non-hydrogen) atoms. The summed E-state index contributed by atoms with van der Waals surface area (Å²) in [6.07, 6.45) is 4.31. The van der Waals surface area contributed by atoms with E-state index >= 15 is 0 Å². The first-order chi connectivity index (χ1) is 12.9. The second-order valence-electron chi connectivity index (χ2n) is 6.63. The van der Waals surface area contributed by atoms with Crippen molar-refractivity contribution in [2.24, 2.45) is 0 Å². The van der Waals surface area contributed by atoms with E-state index in [1.807, 2.05) is 41.2 Å². The molecule has 3 heterocycles. The van der Waals surface area contributed by atoms with Crippen molar-refractivity contribution >= 4 is 10.8 Å². The molecular weight excluding hydrogens is 326 g/mol. The Morgan fingerprint density at radius 1 is 1.08 bits per heavy atom. The Morgan fingerprint density at radius 3 is 2.92 bits per heavy atom. The van der Waals surface area contributed by atoms with Crippen molar-refractivity contribution in [1.82, 2.24) is 25.2 Å². The van der Waals surface area contributed by atoms with Gasteiger partial charge in [0.15, 0.2) is 5.69 Å². The Morgan fingerprint density at radius 2 is 2.00 bits per heavy atom. The minimum Gasteiger partial charge on any atom is -0.332 e. The molecule has 1 unspecified atom stereocenters. The van der Waals surface area contributed by atoms with Crippen LogP contribution in [0.5, 0.6) is 0 Å². The maximum absolute atomic E-state index is 5.50. The largest absolute Gasteiger partial charge is 0.332 e. The summed E-state index contributed by atoms with van der Waals surface area (Å²) >= 11 is 0. The number of fused-ring (bicyclic) bond motifs is 1. The van der Waals surface area contributed by atoms with Gasteiger partial charge in [0.05, 0.1) is 6.04 Å². The first-order valence-corrected chi connectivity index (χ1v) is 8.96. The van der Waals surface area contributed by atoms with Crippen molar-refractivity contribution < 1.29 is 4.52 Å². The predicted octanol–water partition coefficient (Wildman–Crippen LogP) is 3.68. The summed E-state index contributed by atoms with van der Waals surface area (Å²) in [5.74, 6) is 1.04. The highest BCUT2D eigenvalue weighted by molar-refractivity contribution is 5.95. The molecule has 0 spiro atoms. The molecule has 5 rings (SSSR count). The van der Waals surface area contributed by atoms with Gasteiger partial charge in [-0.15, -0.1) is 0 Å². The predicted molar refractivity (Wildman–Crippen MR) is 99.6 cm³/mol. The van der Waals surface area contributed by atoms with Crippen molar-refractivity contribution in [1.29, 1.82) is 0 Å². The van der Waals surface area contributed by atoms with Gasteiger partial charge in [0.25, 0.3) is 5.89 Å². The van der Waals surface area contributed by atoms with Crippen LogP contribution in [-0.2, 0) is 0 Å². The smallest absolute Gasteiger partial charge is 0.278 e. The molecule has 6 heteroatoms. The highest BCUT2D eigenvalue weighted by Crippen LogP contribution is 2.28. The second kappa shape index (κ2) is 6.38. The van der Waals surface area contributed by atoms with Crippen LogP contribution in [0.25, 0.3) is 33.7 Å². The lowest BCUT2D eigenvalue weighted by atomic mass is 10.0. The number of hydrogen-bond donors (Lipinski definition) is 1. The number of nitrogens with zero attached hydrogens (tertiary/aromatic N) is 4. The minimum absolute atomic E-state index is 0.387. The third-order valence-electron chi connectivity index (χ3n) is 4.93. The van der Waals surface area contributed by atoms with Gasteiger partial charge in [-0.05, 0) is 36.2 Å². The lowest BCUT2D eigenvalue weighted by Gasteiger charge is -2.22. The molecule has 4 aromatic rings. The molecule has 2 aromatic carbocycles. The molecule has 2 aromatic heterocycles. The minimum atomic E-state index is 0.387. The molecule has 1 aliphatic rings. The third-order valence-corrected chi connectivity index (χ3v) is 4.93. The van der Waals surface area contributed by atoms with Crippen molar-refractivity contribution in [3.8, 4) is 23.0 Å². The zero-order valence-electron chi connectivity index (χ0n) is 14.3. The molecule has 0 amide bonds. The van der Waals surface area contributed by atoms with Crippen molar-refractivity contribution in [2.45, 2.75) is 18.9 Å². The average Bonchev–Trinajstić information content (AvgIpc) is 3.38. The van der Waals surface area contributed by atoms with Gasteiger partial charge in [0, 0.05) is 18.3 Å². The standard InChI is InChI=1S/C20H19N5O/c1-2-8-16-14(5-1)6-3-9-17(16)19-22-20(26-24-19)18-10-12-25(23-18)15-7-4-11-21-13-15/h1-3,5-6,8-10,12,15,21H,4,7,11,13H2. The quantitative estimate of drug-likeness (QED) is 0.613. The van der Waals surface area contributed by atoms with Crippen molar-refractivity contribution in [3.63, 3.8) is 0 Å². The number of hydrogen-bond acceptors (Lipinski definition) is 5. The monoisotopic (exact) mass is 345 g/mol. The molecule has 1 fully saturated rings. The summed E-state index contributed by atoms with van der Waals surface area (Å²) in [5.41, 5.74) is 1.68. The molecule has 130 valence electrons. The highest BCUT2D eigenvalue weighted by atomic mass is 16.5. The van der Waals surface area contributed by atoms with Gasteiger partial charge >= 0.3 is 0 Å². The lowest BCUT2D eigenvalue weighted by Crippen LogP contribution is -2.31. The van der Waals surface area contributed by atoms with Gasteiger partial charge in [-0.2, -0.15) is 10.1 Å². The van der Waals surface area contributed by atoms with Gasteiger partial charge in [0.1, 0.15) is 0 Å². The van der Waals surface area contributed by atoms with Crippen LogP contribution in [0.15, 0.2) is 59.3 Å². The Hall–Kier alpha value is -2.99. The van der Waals surface area contributed by atoms with E-state index in [-0.39, 0.29) is 0 Å². The first kappa shape index (κ1) is 15.3. The molecule has 6 nitrogen and oxygen atoms in total. The third kappa shape index (κ3) is 2.68. The SMILES string of the molecule is c1ccc2c(-c3noc(-c4ccn(C5CCCNC5)n4)n3)cccc2c1. The molecule has 1 atom stereocenters. The Kier molecular flexibility index (Phi) is 3.75. The zero-order chi connectivity index (χ0) is 17.3. The average molecular weight is 345 g/mol. The summed E-state index contributed by atoms with van der Waals surface area (Å²) in [7, 11) is 0. The Labute approximate surface area is 150 Å². The summed E-state index contributed by atoms with van der Waals surface area (Å²) in [4.78, 5) is 4.59. The van der Waals surface area contributed by atoms with Gasteiger partial charge in [-0.25, -0.2) is 0 Å². The van der Waals surface area contributed by atoms with E-state index in [0.29, 0.717) is 17.8 Å². The van der Waals surface area contributed by atoms with Crippen LogP contribution in [-0.4, -0.2) is 33.0 Å². The van der Waals surface area contributed by atoms with Crippen molar-refractivity contribution in [3.05, 3.63) is 54.7 Å². The molecular formula is C20H19N5O. The van der Waals surface area contributed by atoms with E-state index in [1.165, 1.54) is 6.42 Å². The lowest BCUT2D eigenvalue weighted by molar-refractivity contribution is 0.346. The van der Waals surface area contributed by atoms with Crippen LogP contribution in [0.1, 0.15) is 18.9 Å². The summed E-state index contributed by atoms with van der Waals surface area (Å²) in [6.45, 7) is 2.04. The molecule has 1 N–H and O–H groups in total. The van der Waals surface area contributed by atoms with Gasteiger partial charge in [0.2, 0.25) is 5.82 Å². The molecule has 0 aliphatic carbocycles. The maximum atomic E-state index is 5.50. The fraction of sp³-hybridized carbons (Fsp3) is 0.250. The van der Waals surface area contributed by atoms with Crippen LogP contribution >= 0.6 is 0 Å². The summed E-state index contributed by atoms with van der Waals surface area (Å²) in [5, 5.41) is 14.5. The summed E-state index contributed by atoms with van der Waals surface area (Å²) < 4.78 is 7.51.